The molecule has 0 aliphatic carbocycles. The van der Waals surface area contributed by atoms with Crippen LogP contribution in [-0.2, 0) is 13.0 Å². The average Bonchev–Trinajstić information content (AvgIpc) is 2.55. The van der Waals surface area contributed by atoms with Gasteiger partial charge < -0.3 is 0 Å². The smallest absolute Gasteiger partial charge is 0.270 e. The first kappa shape index (κ1) is 17.8. The van der Waals surface area contributed by atoms with Gasteiger partial charge in [-0.1, -0.05) is 68.7 Å². The molecule has 122 valence electrons. The molecule has 1 aromatic carbocycles. The van der Waals surface area contributed by atoms with Crippen LogP contribution in [0.4, 0.5) is 0 Å². The SMILES string of the molecule is C#CCn1c(-c2ccccc2)nc(CC)c(C#C[Si](C)(C)C)c1=O. The molecular weight excluding hydrogens is 312 g/mol. The molecule has 24 heavy (non-hydrogen) atoms. The van der Waals surface area contributed by atoms with Gasteiger partial charge in [-0.05, 0) is 6.42 Å². The van der Waals surface area contributed by atoms with Crippen LogP contribution in [0.5, 0.6) is 0 Å². The fourth-order valence-corrected chi connectivity index (χ4v) is 2.78. The highest BCUT2D eigenvalue weighted by molar-refractivity contribution is 6.83. The zero-order valence-corrected chi connectivity index (χ0v) is 15.7. The summed E-state index contributed by atoms with van der Waals surface area (Å²) in [5, 5.41) is 0. The molecule has 3 nitrogen and oxygen atoms in total. The number of rotatable bonds is 3. The zero-order valence-electron chi connectivity index (χ0n) is 14.7. The van der Waals surface area contributed by atoms with Gasteiger partial charge in [0.05, 0.1) is 12.2 Å². The van der Waals surface area contributed by atoms with Crippen LogP contribution in [0.15, 0.2) is 35.1 Å². The first-order chi connectivity index (χ1) is 11.4. The van der Waals surface area contributed by atoms with Gasteiger partial charge in [0, 0.05) is 5.56 Å². The van der Waals surface area contributed by atoms with Crippen LogP contribution in [0, 0.1) is 23.8 Å². The molecule has 0 radical (unpaired) electrons. The Morgan fingerprint density at radius 1 is 1.21 bits per heavy atom. The van der Waals surface area contributed by atoms with Gasteiger partial charge in [-0.2, -0.15) is 0 Å². The van der Waals surface area contributed by atoms with E-state index in [9.17, 15) is 4.79 Å². The van der Waals surface area contributed by atoms with E-state index in [-0.39, 0.29) is 12.1 Å². The van der Waals surface area contributed by atoms with Gasteiger partial charge >= 0.3 is 0 Å². The molecular formula is C20H22N2OSi. The van der Waals surface area contributed by atoms with E-state index in [1.54, 1.807) is 4.57 Å². The molecule has 0 atom stereocenters. The summed E-state index contributed by atoms with van der Waals surface area (Å²) < 4.78 is 1.54. The van der Waals surface area contributed by atoms with Crippen molar-refractivity contribution in [3.63, 3.8) is 0 Å². The van der Waals surface area contributed by atoms with Crippen molar-refractivity contribution in [3.05, 3.63) is 51.9 Å². The third-order valence-corrected chi connectivity index (χ3v) is 4.30. The number of hydrogen-bond donors (Lipinski definition) is 0. The zero-order chi connectivity index (χ0) is 17.7. The Morgan fingerprint density at radius 3 is 2.42 bits per heavy atom. The van der Waals surface area contributed by atoms with Crippen LogP contribution >= 0.6 is 0 Å². The monoisotopic (exact) mass is 334 g/mol. The van der Waals surface area contributed by atoms with E-state index in [0.29, 0.717) is 17.8 Å². The molecule has 1 aromatic heterocycles. The maximum atomic E-state index is 13.0. The molecule has 0 spiro atoms. The van der Waals surface area contributed by atoms with Crippen LogP contribution in [0.2, 0.25) is 19.6 Å². The fourth-order valence-electron chi connectivity index (χ4n) is 2.28. The van der Waals surface area contributed by atoms with E-state index in [4.69, 9.17) is 11.4 Å². The van der Waals surface area contributed by atoms with Crippen molar-refractivity contribution in [2.75, 3.05) is 0 Å². The van der Waals surface area contributed by atoms with Crippen molar-refractivity contribution >= 4 is 8.07 Å². The van der Waals surface area contributed by atoms with E-state index < -0.39 is 8.07 Å². The summed E-state index contributed by atoms with van der Waals surface area (Å²) in [6.45, 7) is 8.62. The first-order valence-corrected chi connectivity index (χ1v) is 11.5. The van der Waals surface area contributed by atoms with Gasteiger partial charge in [-0.15, -0.1) is 12.0 Å². The van der Waals surface area contributed by atoms with Gasteiger partial charge in [-0.25, -0.2) is 4.98 Å². The van der Waals surface area contributed by atoms with Crippen LogP contribution in [0.3, 0.4) is 0 Å². The van der Waals surface area contributed by atoms with Crippen molar-refractivity contribution < 1.29 is 0 Å². The number of nitrogens with zero attached hydrogens (tertiary/aromatic N) is 2. The standard InChI is InChI=1S/C20H22N2OSi/c1-6-14-22-19(16-11-9-8-10-12-16)21-18(7-2)17(20(22)23)13-15-24(3,4)5/h1,8-12H,7,14H2,2-5H3. The second-order valence-electron chi connectivity index (χ2n) is 6.57. The van der Waals surface area contributed by atoms with Crippen molar-refractivity contribution in [3.8, 4) is 35.2 Å². The lowest BCUT2D eigenvalue weighted by atomic mass is 10.1. The Bertz CT molecular complexity index is 888. The number of benzene rings is 1. The third-order valence-electron chi connectivity index (χ3n) is 3.42. The van der Waals surface area contributed by atoms with Gasteiger partial charge in [0.25, 0.3) is 5.56 Å². The minimum atomic E-state index is -1.59. The summed E-state index contributed by atoms with van der Waals surface area (Å²) in [4.78, 5) is 17.7. The number of terminal acetylenes is 1. The Kier molecular flexibility index (Phi) is 5.44. The first-order valence-electron chi connectivity index (χ1n) is 8.03. The highest BCUT2D eigenvalue weighted by atomic mass is 28.3. The Balaban J connectivity index is 2.77. The van der Waals surface area contributed by atoms with E-state index in [1.165, 1.54) is 0 Å². The number of aromatic nitrogens is 2. The summed E-state index contributed by atoms with van der Waals surface area (Å²) in [5.41, 5.74) is 5.21. The topological polar surface area (TPSA) is 34.9 Å². The number of hydrogen-bond acceptors (Lipinski definition) is 2. The normalized spacial score (nSPS) is 10.6. The second kappa shape index (κ2) is 7.34. The average molecular weight is 334 g/mol. The summed E-state index contributed by atoms with van der Waals surface area (Å²) in [5.74, 6) is 6.26. The van der Waals surface area contributed by atoms with Crippen LogP contribution in [0.25, 0.3) is 11.4 Å². The van der Waals surface area contributed by atoms with Crippen molar-refractivity contribution in [1.29, 1.82) is 0 Å². The molecule has 1 heterocycles. The minimum Gasteiger partial charge on any atom is -0.280 e. The summed E-state index contributed by atoms with van der Waals surface area (Å²) in [6, 6.07) is 9.64. The van der Waals surface area contributed by atoms with Crippen LogP contribution in [0.1, 0.15) is 18.2 Å². The molecule has 0 saturated heterocycles. The fraction of sp³-hybridized carbons (Fsp3) is 0.300. The molecule has 0 unspecified atom stereocenters. The van der Waals surface area contributed by atoms with Crippen molar-refractivity contribution in [1.82, 2.24) is 9.55 Å². The van der Waals surface area contributed by atoms with E-state index in [1.807, 2.05) is 37.3 Å². The quantitative estimate of drug-likeness (QED) is 0.637. The molecule has 4 heteroatoms. The Morgan fingerprint density at radius 2 is 1.88 bits per heavy atom. The maximum Gasteiger partial charge on any atom is 0.270 e. The number of aryl methyl sites for hydroxylation is 1. The van der Waals surface area contributed by atoms with Crippen molar-refractivity contribution in [2.45, 2.75) is 39.5 Å². The minimum absolute atomic E-state index is 0.149. The Hall–Kier alpha value is -2.56. The summed E-state index contributed by atoms with van der Waals surface area (Å²) >= 11 is 0. The molecule has 2 rings (SSSR count). The molecule has 0 aliphatic rings. The molecule has 0 fully saturated rings. The molecule has 0 amide bonds. The lowest BCUT2D eigenvalue weighted by Gasteiger charge is -2.13. The maximum absolute atomic E-state index is 13.0. The largest absolute Gasteiger partial charge is 0.280 e. The van der Waals surface area contributed by atoms with Gasteiger partial charge in [0.1, 0.15) is 19.5 Å². The van der Waals surface area contributed by atoms with Crippen LogP contribution < -0.4 is 5.56 Å². The highest BCUT2D eigenvalue weighted by Crippen LogP contribution is 2.17. The predicted octanol–water partition coefficient (Wildman–Crippen LogP) is 3.33. The predicted molar refractivity (Wildman–Crippen MR) is 102 cm³/mol. The third kappa shape index (κ3) is 4.04. The lowest BCUT2D eigenvalue weighted by molar-refractivity contribution is 0.762. The van der Waals surface area contributed by atoms with Gasteiger partial charge in [0.2, 0.25) is 0 Å². The van der Waals surface area contributed by atoms with E-state index in [2.05, 4.69) is 37.0 Å². The summed E-state index contributed by atoms with van der Waals surface area (Å²) in [7, 11) is -1.59. The molecule has 2 aromatic rings. The van der Waals surface area contributed by atoms with Gasteiger partial charge in [0.15, 0.2) is 0 Å². The molecule has 0 N–H and O–H groups in total. The van der Waals surface area contributed by atoms with Gasteiger partial charge in [-0.3, -0.25) is 9.36 Å². The lowest BCUT2D eigenvalue weighted by Crippen LogP contribution is -2.28. The molecule has 0 saturated carbocycles. The Labute approximate surface area is 144 Å². The van der Waals surface area contributed by atoms with E-state index in [0.717, 1.165) is 11.3 Å². The van der Waals surface area contributed by atoms with Crippen LogP contribution in [-0.4, -0.2) is 17.6 Å². The van der Waals surface area contributed by atoms with Crippen molar-refractivity contribution in [2.24, 2.45) is 0 Å². The second-order valence-corrected chi connectivity index (χ2v) is 11.3. The molecule has 0 aliphatic heterocycles. The summed E-state index contributed by atoms with van der Waals surface area (Å²) in [6.07, 6.45) is 6.13. The highest BCUT2D eigenvalue weighted by Gasteiger charge is 2.16. The molecule has 0 bridgehead atoms. The van der Waals surface area contributed by atoms with E-state index >= 15 is 0 Å².